The van der Waals surface area contributed by atoms with Gasteiger partial charge in [-0.15, -0.1) is 0 Å². The molecule has 3 N–H and O–H groups in total. The average Bonchev–Trinajstić information content (AvgIpc) is 2.66. The number of hydrogen-bond donors (Lipinski definition) is 3. The molecule has 1 atom stereocenters. The first-order valence-corrected chi connectivity index (χ1v) is 9.18. The maximum Gasteiger partial charge on any atom is 0.490 e. The summed E-state index contributed by atoms with van der Waals surface area (Å²) in [6, 6.07) is 6.91. The zero-order valence-corrected chi connectivity index (χ0v) is 16.9. The van der Waals surface area contributed by atoms with Gasteiger partial charge in [-0.25, -0.2) is 14.4 Å². The summed E-state index contributed by atoms with van der Waals surface area (Å²) in [6.07, 6.45) is -5.08. The zero-order chi connectivity index (χ0) is 23.1. The van der Waals surface area contributed by atoms with Crippen LogP contribution in [0.4, 0.5) is 18.0 Å². The van der Waals surface area contributed by atoms with Crippen molar-refractivity contribution in [3.05, 3.63) is 35.4 Å². The molecule has 1 aromatic carbocycles. The highest BCUT2D eigenvalue weighted by molar-refractivity contribution is 5.87. The number of alkyl halides is 3. The van der Waals surface area contributed by atoms with Gasteiger partial charge < -0.3 is 20.4 Å². The fraction of sp³-hybridized carbons (Fsp3) is 0.526. The van der Waals surface area contributed by atoms with E-state index in [4.69, 9.17) is 15.0 Å². The molecule has 2 amide bonds. The van der Waals surface area contributed by atoms with Crippen LogP contribution in [0.3, 0.4) is 0 Å². The lowest BCUT2D eigenvalue weighted by Gasteiger charge is -2.41. The van der Waals surface area contributed by atoms with Crippen molar-refractivity contribution in [2.45, 2.75) is 32.6 Å². The summed E-state index contributed by atoms with van der Waals surface area (Å²) < 4.78 is 31.7. The van der Waals surface area contributed by atoms with Gasteiger partial charge in [0, 0.05) is 32.2 Å². The Labute approximate surface area is 172 Å². The van der Waals surface area contributed by atoms with Gasteiger partial charge in [0.05, 0.1) is 5.56 Å². The Balaban J connectivity index is 0.000000553. The number of nitrogens with one attached hydrogen (secondary N) is 1. The Morgan fingerprint density at radius 3 is 2.30 bits per heavy atom. The second kappa shape index (κ2) is 10.8. The van der Waals surface area contributed by atoms with E-state index in [-0.39, 0.29) is 11.6 Å². The highest BCUT2D eigenvalue weighted by Gasteiger charge is 2.38. The first-order chi connectivity index (χ1) is 13.8. The van der Waals surface area contributed by atoms with Crippen LogP contribution in [0.15, 0.2) is 24.3 Å². The quantitative estimate of drug-likeness (QED) is 0.673. The predicted octanol–water partition coefficient (Wildman–Crippen LogP) is 2.50. The number of nitrogens with zero attached hydrogens (tertiary/aromatic N) is 2. The topological polar surface area (TPSA) is 110 Å². The molecular weight excluding hydrogens is 407 g/mol. The summed E-state index contributed by atoms with van der Waals surface area (Å²) in [7, 11) is 2.09. The summed E-state index contributed by atoms with van der Waals surface area (Å²) >= 11 is 0. The second-order valence-electron chi connectivity index (χ2n) is 7.21. The molecule has 1 aromatic rings. The van der Waals surface area contributed by atoms with Crippen LogP contribution in [0.25, 0.3) is 0 Å². The number of rotatable bonds is 4. The molecule has 0 aliphatic carbocycles. The van der Waals surface area contributed by atoms with Crippen LogP contribution in [0.1, 0.15) is 29.8 Å². The van der Waals surface area contributed by atoms with Crippen LogP contribution in [-0.2, 0) is 11.3 Å². The number of piperazine rings is 1. The number of aliphatic carboxylic acids is 1. The number of carboxylic acid groups (broad SMARTS) is 2. The molecule has 1 aliphatic rings. The number of carboxylic acids is 2. The fourth-order valence-electron chi connectivity index (χ4n) is 2.91. The summed E-state index contributed by atoms with van der Waals surface area (Å²) in [4.78, 5) is 36.3. The third-order valence-corrected chi connectivity index (χ3v) is 4.61. The van der Waals surface area contributed by atoms with Gasteiger partial charge >= 0.3 is 24.1 Å². The van der Waals surface area contributed by atoms with E-state index >= 15 is 0 Å². The van der Waals surface area contributed by atoms with Crippen molar-refractivity contribution in [1.29, 1.82) is 0 Å². The van der Waals surface area contributed by atoms with Crippen molar-refractivity contribution in [3.63, 3.8) is 0 Å². The number of carbonyl (C=O) groups is 3. The van der Waals surface area contributed by atoms with E-state index in [0.717, 1.165) is 18.7 Å². The first kappa shape index (κ1) is 25.2. The van der Waals surface area contributed by atoms with E-state index in [2.05, 4.69) is 31.1 Å². The van der Waals surface area contributed by atoms with Crippen molar-refractivity contribution in [1.82, 2.24) is 15.1 Å². The molecule has 1 aliphatic heterocycles. The van der Waals surface area contributed by atoms with Crippen LogP contribution >= 0.6 is 0 Å². The Hall–Kier alpha value is -2.82. The van der Waals surface area contributed by atoms with Crippen molar-refractivity contribution in [3.8, 4) is 0 Å². The van der Waals surface area contributed by atoms with Gasteiger partial charge in [-0.1, -0.05) is 26.0 Å². The van der Waals surface area contributed by atoms with E-state index in [1.165, 1.54) is 0 Å². The number of likely N-dealkylation sites (N-methyl/N-ethyl adjacent to an activating group) is 1. The first-order valence-electron chi connectivity index (χ1n) is 9.18. The van der Waals surface area contributed by atoms with Crippen LogP contribution in [-0.4, -0.2) is 76.9 Å². The third kappa shape index (κ3) is 7.90. The van der Waals surface area contributed by atoms with E-state index in [9.17, 15) is 22.8 Å². The Bertz CT molecular complexity index is 755. The Morgan fingerprint density at radius 2 is 1.80 bits per heavy atom. The number of urea groups is 1. The largest absolute Gasteiger partial charge is 0.490 e. The molecule has 8 nitrogen and oxygen atoms in total. The van der Waals surface area contributed by atoms with Gasteiger partial charge in [-0.2, -0.15) is 13.2 Å². The number of halogens is 3. The molecule has 1 heterocycles. The van der Waals surface area contributed by atoms with E-state index in [0.29, 0.717) is 25.0 Å². The van der Waals surface area contributed by atoms with Gasteiger partial charge in [0.15, 0.2) is 0 Å². The summed E-state index contributed by atoms with van der Waals surface area (Å²) in [6.45, 7) is 6.96. The van der Waals surface area contributed by atoms with Crippen molar-refractivity contribution < 1.29 is 37.8 Å². The van der Waals surface area contributed by atoms with E-state index in [1.54, 1.807) is 18.2 Å². The van der Waals surface area contributed by atoms with E-state index < -0.39 is 18.1 Å². The average molecular weight is 433 g/mol. The fourth-order valence-corrected chi connectivity index (χ4v) is 2.91. The lowest BCUT2D eigenvalue weighted by Crippen LogP contribution is -2.57. The van der Waals surface area contributed by atoms with Gasteiger partial charge in [0.25, 0.3) is 0 Å². The molecule has 0 radical (unpaired) electrons. The minimum atomic E-state index is -5.08. The van der Waals surface area contributed by atoms with Gasteiger partial charge in [-0.3, -0.25) is 4.90 Å². The van der Waals surface area contributed by atoms with Gasteiger partial charge in [0.1, 0.15) is 0 Å². The SMILES string of the molecule is CC(C)[C@H]1CN(C(=O)NCc2cccc(C(=O)O)c2)CCN1C.O=C(O)C(F)(F)F. The third-order valence-electron chi connectivity index (χ3n) is 4.61. The number of aromatic carboxylic acids is 1. The van der Waals surface area contributed by atoms with Crippen molar-refractivity contribution in [2.75, 3.05) is 26.7 Å². The van der Waals surface area contributed by atoms with Crippen molar-refractivity contribution in [2.24, 2.45) is 5.92 Å². The molecule has 0 bridgehead atoms. The van der Waals surface area contributed by atoms with Crippen LogP contribution in [0.2, 0.25) is 0 Å². The highest BCUT2D eigenvalue weighted by atomic mass is 19.4. The monoisotopic (exact) mass is 433 g/mol. The minimum absolute atomic E-state index is 0.0931. The Morgan fingerprint density at radius 1 is 1.20 bits per heavy atom. The lowest BCUT2D eigenvalue weighted by molar-refractivity contribution is -0.192. The molecule has 0 unspecified atom stereocenters. The molecule has 168 valence electrons. The minimum Gasteiger partial charge on any atom is -0.478 e. The molecule has 30 heavy (non-hydrogen) atoms. The number of benzene rings is 1. The predicted molar refractivity (Wildman–Crippen MR) is 102 cm³/mol. The van der Waals surface area contributed by atoms with E-state index in [1.807, 2.05) is 11.0 Å². The highest BCUT2D eigenvalue weighted by Crippen LogP contribution is 2.16. The molecule has 0 aromatic heterocycles. The van der Waals surface area contributed by atoms with Crippen LogP contribution in [0, 0.1) is 5.92 Å². The van der Waals surface area contributed by atoms with Crippen molar-refractivity contribution >= 4 is 18.0 Å². The summed E-state index contributed by atoms with van der Waals surface area (Å²) in [5.41, 5.74) is 1.02. The molecule has 11 heteroatoms. The normalized spacial score (nSPS) is 17.2. The molecule has 1 saturated heterocycles. The summed E-state index contributed by atoms with van der Waals surface area (Å²) in [5, 5.41) is 19.0. The molecule has 0 saturated carbocycles. The number of amides is 2. The lowest BCUT2D eigenvalue weighted by atomic mass is 10.0. The smallest absolute Gasteiger partial charge is 0.478 e. The molecule has 2 rings (SSSR count). The van der Waals surface area contributed by atoms with Crippen LogP contribution < -0.4 is 5.32 Å². The molecule has 1 fully saturated rings. The van der Waals surface area contributed by atoms with Gasteiger partial charge in [0.2, 0.25) is 0 Å². The summed E-state index contributed by atoms with van der Waals surface area (Å²) in [5.74, 6) is -3.23. The maximum absolute atomic E-state index is 12.3. The Kier molecular flexibility index (Phi) is 9.09. The molecular formula is C19H26F3N3O5. The van der Waals surface area contributed by atoms with Crippen LogP contribution in [0.5, 0.6) is 0 Å². The number of carbonyl (C=O) groups excluding carboxylic acids is 1. The standard InChI is InChI=1S/C17H25N3O3.C2HF3O2/c1-12(2)15-11-20(8-7-19(15)3)17(23)18-10-13-5-4-6-14(9-13)16(21)22;3-2(4,5)1(6)7/h4-6,9,12,15H,7-8,10-11H2,1-3H3,(H,18,23)(H,21,22);(H,6,7)/t15-;/m1./s1. The second-order valence-corrected chi connectivity index (χ2v) is 7.21. The van der Waals surface area contributed by atoms with Gasteiger partial charge in [-0.05, 0) is 30.7 Å². The molecule has 0 spiro atoms. The zero-order valence-electron chi connectivity index (χ0n) is 16.9. The maximum atomic E-state index is 12.3. The number of hydrogen-bond acceptors (Lipinski definition) is 4.